The van der Waals surface area contributed by atoms with E-state index in [1.54, 1.807) is 43.0 Å². The number of carbonyl (C=O) groups excluding carboxylic acids is 2. The summed E-state index contributed by atoms with van der Waals surface area (Å²) in [5, 5.41) is 36.4. The van der Waals surface area contributed by atoms with Crippen molar-refractivity contribution in [1.29, 1.82) is 0 Å². The van der Waals surface area contributed by atoms with Crippen LogP contribution < -0.4 is 16.1 Å². The molecule has 12 heteroatoms. The van der Waals surface area contributed by atoms with E-state index in [0.29, 0.717) is 18.5 Å². The average Bonchev–Trinajstić information content (AvgIpc) is 2.98. The quantitative estimate of drug-likeness (QED) is 0.125. The normalized spacial score (nSPS) is 23.1. The van der Waals surface area contributed by atoms with Crippen molar-refractivity contribution in [3.63, 3.8) is 0 Å². The van der Waals surface area contributed by atoms with Crippen molar-refractivity contribution in [2.45, 2.75) is 56.8 Å². The minimum atomic E-state index is -2.22. The number of aliphatic hydroxyl groups excluding tert-OH is 1. The number of carboxylic acids is 1. The fraction of sp³-hybridized carbons (Fsp3) is 0.483. The highest BCUT2D eigenvalue weighted by Crippen LogP contribution is 2.33. The van der Waals surface area contributed by atoms with Crippen LogP contribution in [0, 0.1) is 0 Å². The Morgan fingerprint density at radius 3 is 2.39 bits per heavy atom. The first-order chi connectivity index (χ1) is 19.8. The largest absolute Gasteiger partial charge is 0.477 e. The van der Waals surface area contributed by atoms with Crippen LogP contribution in [0.1, 0.15) is 37.0 Å². The number of Topliss-reactive ketones (excluding diaryl/α,β-unsaturated/α-hetero) is 1. The lowest BCUT2D eigenvalue weighted by Gasteiger charge is -2.46. The number of aliphatic carboxylic acids is 1. The second kappa shape index (κ2) is 16.0. The van der Waals surface area contributed by atoms with Gasteiger partial charge in [-0.2, -0.15) is 17.2 Å². The van der Waals surface area contributed by atoms with Crippen molar-refractivity contribution in [2.24, 2.45) is 0 Å². The average molecular weight is 590 g/mol. The molecule has 0 aromatic heterocycles. The van der Waals surface area contributed by atoms with Gasteiger partial charge in [0.05, 0.1) is 25.3 Å². The van der Waals surface area contributed by atoms with E-state index >= 15 is 0 Å². The number of aliphatic hydroxyl groups is 1. The topological polar surface area (TPSA) is 166 Å². The number of ether oxygens (including phenoxy) is 2. The van der Waals surface area contributed by atoms with Gasteiger partial charge < -0.3 is 35.5 Å². The van der Waals surface area contributed by atoms with Gasteiger partial charge in [0.2, 0.25) is 0 Å². The maximum absolute atomic E-state index is 13.2. The molecule has 0 aliphatic carbocycles. The molecule has 1 heterocycles. The van der Waals surface area contributed by atoms with Gasteiger partial charge in [-0.1, -0.05) is 56.3 Å². The predicted molar refractivity (Wildman–Crippen MR) is 155 cm³/mol. The minimum Gasteiger partial charge on any atom is -0.477 e. The fourth-order valence-corrected chi connectivity index (χ4v) is 5.32. The number of rotatable bonds is 16. The number of benzene rings is 2. The molecule has 2 aromatic carbocycles. The Morgan fingerprint density at radius 1 is 1.10 bits per heavy atom. The number of nitrogens with one attached hydrogen (secondary N) is 3. The van der Waals surface area contributed by atoms with Gasteiger partial charge in [-0.05, 0) is 47.7 Å². The van der Waals surface area contributed by atoms with Gasteiger partial charge in [-0.25, -0.2) is 4.79 Å². The summed E-state index contributed by atoms with van der Waals surface area (Å²) >= 11 is 1.68. The standard InChI is InChI=1S/C29H39N3O8S/c1-3-30-24-22(33)17-29(28(36)37,39-15-8-16-41-4-2)40-26(24)25(32-38)23(34)18-31-27(35)21-13-11-20(12-14-21)19-9-6-5-7-10-19/h5-7,9-14,22,24-26,30,32-33,38H,3-4,8,15-18H2,1-2H3,(H,31,35)(H,36,37). The zero-order valence-electron chi connectivity index (χ0n) is 23.2. The van der Waals surface area contributed by atoms with Crippen LogP contribution in [0.4, 0.5) is 0 Å². The smallest absolute Gasteiger partial charge is 0.364 e. The molecule has 1 aliphatic heterocycles. The third-order valence-electron chi connectivity index (χ3n) is 6.80. The lowest BCUT2D eigenvalue weighted by atomic mass is 9.88. The number of hydrogen-bond acceptors (Lipinski definition) is 10. The van der Waals surface area contributed by atoms with Crippen molar-refractivity contribution < 1.29 is 39.3 Å². The Bertz CT molecular complexity index is 1140. The van der Waals surface area contributed by atoms with Crippen molar-refractivity contribution >= 4 is 29.4 Å². The number of amides is 1. The highest BCUT2D eigenvalue weighted by molar-refractivity contribution is 7.99. The number of ketones is 1. The van der Waals surface area contributed by atoms with Crippen LogP contribution in [0.15, 0.2) is 54.6 Å². The monoisotopic (exact) mass is 589 g/mol. The van der Waals surface area contributed by atoms with Crippen molar-refractivity contribution in [1.82, 2.24) is 16.1 Å². The summed E-state index contributed by atoms with van der Waals surface area (Å²) in [6.45, 7) is 3.74. The van der Waals surface area contributed by atoms with Crippen molar-refractivity contribution in [3.8, 4) is 11.1 Å². The van der Waals surface area contributed by atoms with Crippen LogP contribution in [0.25, 0.3) is 11.1 Å². The second-order valence-electron chi connectivity index (χ2n) is 9.59. The second-order valence-corrected chi connectivity index (χ2v) is 11.0. The SMILES string of the molecule is CCNC1C(O)CC(OCCCSCC)(C(=O)O)OC1C(NO)C(=O)CNC(=O)c1ccc(-c2ccccc2)cc1. The van der Waals surface area contributed by atoms with E-state index in [1.165, 1.54) is 0 Å². The number of hydroxylamine groups is 1. The zero-order valence-corrected chi connectivity index (χ0v) is 24.1. The molecule has 0 radical (unpaired) electrons. The van der Waals surface area contributed by atoms with Crippen LogP contribution in [-0.4, -0.2) is 94.4 Å². The first kappa shape index (κ1) is 32.7. The Hall–Kier alpha value is -2.84. The third kappa shape index (κ3) is 8.58. The molecule has 1 fully saturated rings. The van der Waals surface area contributed by atoms with Gasteiger partial charge >= 0.3 is 5.97 Å². The number of hydrogen-bond donors (Lipinski definition) is 6. The van der Waals surface area contributed by atoms with Gasteiger partial charge in [0.15, 0.2) is 5.78 Å². The van der Waals surface area contributed by atoms with Gasteiger partial charge in [0.25, 0.3) is 11.7 Å². The first-order valence-electron chi connectivity index (χ1n) is 13.7. The van der Waals surface area contributed by atoms with Gasteiger partial charge in [0.1, 0.15) is 12.1 Å². The van der Waals surface area contributed by atoms with E-state index in [2.05, 4.69) is 10.6 Å². The molecule has 224 valence electrons. The highest BCUT2D eigenvalue weighted by Gasteiger charge is 2.55. The summed E-state index contributed by atoms with van der Waals surface area (Å²) in [7, 11) is 0. The Balaban J connectivity index is 1.70. The minimum absolute atomic E-state index is 0.0644. The molecule has 0 spiro atoms. The zero-order chi connectivity index (χ0) is 29.8. The van der Waals surface area contributed by atoms with Crippen LogP contribution in [0.5, 0.6) is 0 Å². The Labute approximate surface area is 244 Å². The van der Waals surface area contributed by atoms with Crippen LogP contribution >= 0.6 is 11.8 Å². The number of thioether (sulfide) groups is 1. The van der Waals surface area contributed by atoms with Gasteiger partial charge in [-0.15, -0.1) is 0 Å². The highest BCUT2D eigenvalue weighted by atomic mass is 32.2. The molecular weight excluding hydrogens is 550 g/mol. The molecule has 1 saturated heterocycles. The first-order valence-corrected chi connectivity index (χ1v) is 14.8. The maximum atomic E-state index is 13.2. The Morgan fingerprint density at radius 2 is 1.78 bits per heavy atom. The molecule has 0 bridgehead atoms. The summed E-state index contributed by atoms with van der Waals surface area (Å²) in [6.07, 6.45) is -2.41. The number of likely N-dealkylation sites (N-methyl/N-ethyl adjacent to an activating group) is 1. The lowest BCUT2D eigenvalue weighted by molar-refractivity contribution is -0.300. The number of carboxylic acid groups (broad SMARTS) is 1. The molecule has 3 rings (SSSR count). The van der Waals surface area contributed by atoms with E-state index in [1.807, 2.05) is 42.7 Å². The number of carbonyl (C=O) groups is 3. The molecular formula is C29H39N3O8S. The van der Waals surface area contributed by atoms with E-state index in [9.17, 15) is 29.8 Å². The Kier molecular flexibility index (Phi) is 12.7. The predicted octanol–water partition coefficient (Wildman–Crippen LogP) is 2.07. The summed E-state index contributed by atoms with van der Waals surface area (Å²) in [5.74, 6) is -3.18. The summed E-state index contributed by atoms with van der Waals surface area (Å²) in [5.41, 5.74) is 4.16. The van der Waals surface area contributed by atoms with Crippen LogP contribution in [-0.2, 0) is 19.1 Å². The molecule has 2 aromatic rings. The molecule has 1 aliphatic rings. The van der Waals surface area contributed by atoms with Gasteiger partial charge in [-0.3, -0.25) is 9.59 Å². The summed E-state index contributed by atoms with van der Waals surface area (Å²) in [4.78, 5) is 38.3. The van der Waals surface area contributed by atoms with Gasteiger partial charge in [0, 0.05) is 12.0 Å². The fourth-order valence-electron chi connectivity index (χ4n) is 4.71. The van der Waals surface area contributed by atoms with E-state index in [0.717, 1.165) is 22.6 Å². The van der Waals surface area contributed by atoms with E-state index < -0.39 is 54.3 Å². The molecule has 41 heavy (non-hydrogen) atoms. The van der Waals surface area contributed by atoms with Crippen LogP contribution in [0.3, 0.4) is 0 Å². The summed E-state index contributed by atoms with van der Waals surface area (Å²) in [6, 6.07) is 14.2. The van der Waals surface area contributed by atoms with Crippen molar-refractivity contribution in [2.75, 3.05) is 31.2 Å². The molecule has 6 N–H and O–H groups in total. The molecule has 0 saturated carbocycles. The van der Waals surface area contributed by atoms with Crippen LogP contribution in [0.2, 0.25) is 0 Å². The lowest BCUT2D eigenvalue weighted by Crippen LogP contribution is -2.69. The molecule has 11 nitrogen and oxygen atoms in total. The van der Waals surface area contributed by atoms with Crippen molar-refractivity contribution in [3.05, 3.63) is 60.2 Å². The molecule has 5 atom stereocenters. The molecule has 5 unspecified atom stereocenters. The molecule has 1 amide bonds. The third-order valence-corrected chi connectivity index (χ3v) is 7.79. The summed E-state index contributed by atoms with van der Waals surface area (Å²) < 4.78 is 11.6. The maximum Gasteiger partial charge on any atom is 0.364 e. The van der Waals surface area contributed by atoms with E-state index in [4.69, 9.17) is 9.47 Å². The van der Waals surface area contributed by atoms with E-state index in [-0.39, 0.29) is 13.0 Å².